The fourth-order valence-electron chi connectivity index (χ4n) is 2.95. The smallest absolute Gasteiger partial charge is 0.291 e. The van der Waals surface area contributed by atoms with Crippen LogP contribution in [0.5, 0.6) is 0 Å². The Labute approximate surface area is 159 Å². The summed E-state index contributed by atoms with van der Waals surface area (Å²) in [6.07, 6.45) is 1.46. The minimum atomic E-state index is -0.293. The average molecular weight is 382 g/mol. The third-order valence-electron chi connectivity index (χ3n) is 4.40. The van der Waals surface area contributed by atoms with Crippen LogP contribution in [0.15, 0.2) is 40.2 Å². The van der Waals surface area contributed by atoms with Crippen molar-refractivity contribution in [3.05, 3.63) is 53.3 Å². The van der Waals surface area contributed by atoms with Crippen LogP contribution in [0.25, 0.3) is 11.0 Å². The lowest BCUT2D eigenvalue weighted by Crippen LogP contribution is -2.14. The number of amides is 1. The van der Waals surface area contributed by atoms with Gasteiger partial charge in [0.25, 0.3) is 5.91 Å². The third kappa shape index (κ3) is 3.21. The molecule has 0 spiro atoms. The van der Waals surface area contributed by atoms with Crippen LogP contribution in [0, 0.1) is 13.8 Å². The SMILES string of the molecule is Cc1nn(C)c(C)c1NC(=O)c1oc2ccccc2c1CSc1ncn[nH]1. The molecule has 27 heavy (non-hydrogen) atoms. The molecule has 1 aromatic carbocycles. The number of rotatable bonds is 5. The minimum absolute atomic E-state index is 0.293. The molecule has 0 saturated heterocycles. The van der Waals surface area contributed by atoms with Gasteiger partial charge in [-0.1, -0.05) is 30.0 Å². The number of H-pyrrole nitrogens is 1. The van der Waals surface area contributed by atoms with Crippen molar-refractivity contribution in [3.8, 4) is 0 Å². The molecule has 2 N–H and O–H groups in total. The molecule has 4 rings (SSSR count). The molecule has 0 fully saturated rings. The highest BCUT2D eigenvalue weighted by molar-refractivity contribution is 7.98. The Bertz CT molecular complexity index is 1110. The molecule has 4 aromatic rings. The maximum Gasteiger partial charge on any atom is 0.291 e. The summed E-state index contributed by atoms with van der Waals surface area (Å²) in [4.78, 5) is 17.1. The fraction of sp³-hybridized carbons (Fsp3) is 0.222. The van der Waals surface area contributed by atoms with Gasteiger partial charge in [-0.05, 0) is 19.9 Å². The highest BCUT2D eigenvalue weighted by Crippen LogP contribution is 2.32. The Morgan fingerprint density at radius 1 is 1.33 bits per heavy atom. The van der Waals surface area contributed by atoms with Gasteiger partial charge < -0.3 is 9.73 Å². The average Bonchev–Trinajstić information content (AvgIpc) is 3.35. The van der Waals surface area contributed by atoms with Crippen molar-refractivity contribution in [2.24, 2.45) is 7.05 Å². The first-order valence-electron chi connectivity index (χ1n) is 8.34. The number of nitrogens with one attached hydrogen (secondary N) is 2. The second-order valence-electron chi connectivity index (χ2n) is 6.11. The molecule has 0 aliphatic rings. The van der Waals surface area contributed by atoms with Gasteiger partial charge >= 0.3 is 0 Å². The molecule has 9 heteroatoms. The van der Waals surface area contributed by atoms with Gasteiger partial charge in [-0.3, -0.25) is 14.6 Å². The molecule has 3 aromatic heterocycles. The van der Waals surface area contributed by atoms with Crippen LogP contribution in [-0.2, 0) is 12.8 Å². The molecule has 0 bridgehead atoms. The van der Waals surface area contributed by atoms with Crippen LogP contribution >= 0.6 is 11.8 Å². The number of para-hydroxylation sites is 1. The summed E-state index contributed by atoms with van der Waals surface area (Å²) < 4.78 is 7.63. The van der Waals surface area contributed by atoms with Crippen LogP contribution in [0.3, 0.4) is 0 Å². The molecule has 0 aliphatic carbocycles. The van der Waals surface area contributed by atoms with Crippen molar-refractivity contribution >= 4 is 34.3 Å². The Kier molecular flexibility index (Phi) is 4.44. The van der Waals surface area contributed by atoms with E-state index in [9.17, 15) is 4.79 Å². The molecular weight excluding hydrogens is 364 g/mol. The zero-order chi connectivity index (χ0) is 19.0. The second kappa shape index (κ2) is 6.92. The van der Waals surface area contributed by atoms with Crippen molar-refractivity contribution in [1.82, 2.24) is 25.0 Å². The van der Waals surface area contributed by atoms with Gasteiger partial charge in [0.15, 0.2) is 10.9 Å². The van der Waals surface area contributed by atoms with Crippen LogP contribution in [0.4, 0.5) is 5.69 Å². The molecule has 138 valence electrons. The Balaban J connectivity index is 1.69. The van der Waals surface area contributed by atoms with Crippen molar-refractivity contribution in [2.75, 3.05) is 5.32 Å². The van der Waals surface area contributed by atoms with Gasteiger partial charge in [-0.2, -0.15) is 10.2 Å². The first kappa shape index (κ1) is 17.3. The lowest BCUT2D eigenvalue weighted by Gasteiger charge is -2.06. The van der Waals surface area contributed by atoms with Gasteiger partial charge in [0, 0.05) is 23.8 Å². The number of thioether (sulfide) groups is 1. The lowest BCUT2D eigenvalue weighted by molar-refractivity contribution is 0.0997. The maximum absolute atomic E-state index is 13.0. The summed E-state index contributed by atoms with van der Waals surface area (Å²) in [5.41, 5.74) is 3.85. The Hall–Kier alpha value is -3.07. The molecular formula is C18H18N6O2S. The number of anilines is 1. The number of furan rings is 1. The van der Waals surface area contributed by atoms with Crippen molar-refractivity contribution in [3.63, 3.8) is 0 Å². The summed E-state index contributed by atoms with van der Waals surface area (Å²) in [5.74, 6) is 0.532. The molecule has 8 nitrogen and oxygen atoms in total. The summed E-state index contributed by atoms with van der Waals surface area (Å²) in [7, 11) is 1.85. The summed E-state index contributed by atoms with van der Waals surface area (Å²) in [6.45, 7) is 3.77. The van der Waals surface area contributed by atoms with Crippen LogP contribution in [-0.4, -0.2) is 30.9 Å². The number of aryl methyl sites for hydroxylation is 2. The van der Waals surface area contributed by atoms with E-state index in [4.69, 9.17) is 4.42 Å². The minimum Gasteiger partial charge on any atom is -0.451 e. The predicted octanol–water partition coefficient (Wildman–Crippen LogP) is 3.45. The predicted molar refractivity (Wildman–Crippen MR) is 103 cm³/mol. The molecule has 1 amide bonds. The van der Waals surface area contributed by atoms with Crippen molar-refractivity contribution in [1.29, 1.82) is 0 Å². The largest absolute Gasteiger partial charge is 0.451 e. The number of carbonyl (C=O) groups is 1. The standard InChI is InChI=1S/C18H18N6O2S/c1-10-15(11(2)24(3)23-10)21-17(25)16-13(8-27-18-19-9-20-22-18)12-6-4-5-7-14(12)26-16/h4-7,9H,8H2,1-3H3,(H,21,25)(H,19,20,22). The molecule has 3 heterocycles. The van der Waals surface area contributed by atoms with Crippen LogP contribution in [0.1, 0.15) is 27.5 Å². The van der Waals surface area contributed by atoms with Crippen molar-refractivity contribution < 1.29 is 9.21 Å². The van der Waals surface area contributed by atoms with Crippen LogP contribution in [0.2, 0.25) is 0 Å². The normalized spacial score (nSPS) is 11.2. The monoisotopic (exact) mass is 382 g/mol. The van der Waals surface area contributed by atoms with Gasteiger partial charge in [-0.25, -0.2) is 4.98 Å². The highest BCUT2D eigenvalue weighted by atomic mass is 32.2. The second-order valence-corrected chi connectivity index (χ2v) is 7.07. The van der Waals surface area contributed by atoms with E-state index in [0.717, 1.165) is 22.3 Å². The first-order chi connectivity index (χ1) is 13.0. The maximum atomic E-state index is 13.0. The van der Waals surface area contributed by atoms with E-state index >= 15 is 0 Å². The van der Waals surface area contributed by atoms with Gasteiger partial charge in [0.2, 0.25) is 0 Å². The molecule has 0 unspecified atom stereocenters. The van der Waals surface area contributed by atoms with E-state index in [1.54, 1.807) is 4.68 Å². The number of hydrogen-bond acceptors (Lipinski definition) is 6. The summed E-state index contributed by atoms with van der Waals surface area (Å²) in [6, 6.07) is 7.62. The number of aromatic amines is 1. The molecule has 0 radical (unpaired) electrons. The number of nitrogens with zero attached hydrogens (tertiary/aromatic N) is 4. The quantitative estimate of drug-likeness (QED) is 0.513. The van der Waals surface area contributed by atoms with Gasteiger partial charge in [-0.15, -0.1) is 0 Å². The van der Waals surface area contributed by atoms with E-state index in [-0.39, 0.29) is 5.91 Å². The number of fused-ring (bicyclic) bond motifs is 1. The number of carbonyl (C=O) groups excluding carboxylic acids is 1. The molecule has 0 saturated carbocycles. The number of aromatic nitrogens is 5. The van der Waals surface area contributed by atoms with E-state index in [1.165, 1.54) is 18.1 Å². The Morgan fingerprint density at radius 3 is 2.85 bits per heavy atom. The zero-order valence-corrected chi connectivity index (χ0v) is 15.9. The number of hydrogen-bond donors (Lipinski definition) is 2. The molecule has 0 atom stereocenters. The Morgan fingerprint density at radius 2 is 2.15 bits per heavy atom. The van der Waals surface area contributed by atoms with E-state index in [2.05, 4.69) is 25.6 Å². The summed E-state index contributed by atoms with van der Waals surface area (Å²) in [5, 5.41) is 15.6. The van der Waals surface area contributed by atoms with Crippen LogP contribution < -0.4 is 5.32 Å². The fourth-order valence-corrected chi connectivity index (χ4v) is 3.76. The van der Waals surface area contributed by atoms with E-state index in [0.29, 0.717) is 27.9 Å². The zero-order valence-electron chi connectivity index (χ0n) is 15.1. The van der Waals surface area contributed by atoms with Crippen molar-refractivity contribution in [2.45, 2.75) is 24.8 Å². The van der Waals surface area contributed by atoms with Gasteiger partial charge in [0.1, 0.15) is 11.9 Å². The lowest BCUT2D eigenvalue weighted by atomic mass is 10.1. The van der Waals surface area contributed by atoms with E-state index < -0.39 is 0 Å². The number of benzene rings is 1. The van der Waals surface area contributed by atoms with E-state index in [1.807, 2.05) is 45.2 Å². The molecule has 0 aliphatic heterocycles. The highest BCUT2D eigenvalue weighted by Gasteiger charge is 2.23. The third-order valence-corrected chi connectivity index (χ3v) is 5.30. The topological polar surface area (TPSA) is 102 Å². The van der Waals surface area contributed by atoms with Gasteiger partial charge in [0.05, 0.1) is 17.1 Å². The summed E-state index contributed by atoms with van der Waals surface area (Å²) >= 11 is 1.46. The first-order valence-corrected chi connectivity index (χ1v) is 9.33.